The molecule has 27 heavy (non-hydrogen) atoms. The maximum atomic E-state index is 12.5. The zero-order valence-corrected chi connectivity index (χ0v) is 16.1. The van der Waals surface area contributed by atoms with Crippen LogP contribution in [0.2, 0.25) is 0 Å². The number of anilines is 1. The molecule has 2 aromatic carbocycles. The third-order valence-electron chi connectivity index (χ3n) is 4.51. The third kappa shape index (κ3) is 4.37. The van der Waals surface area contributed by atoms with Crippen molar-refractivity contribution in [2.24, 2.45) is 5.92 Å². The van der Waals surface area contributed by atoms with Gasteiger partial charge in [0.1, 0.15) is 5.69 Å². The molecule has 3 aromatic rings. The van der Waals surface area contributed by atoms with Crippen LogP contribution in [-0.4, -0.2) is 16.8 Å². The average molecular weight is 363 g/mol. The molecule has 5 nitrogen and oxygen atoms in total. The van der Waals surface area contributed by atoms with Gasteiger partial charge in [-0.1, -0.05) is 32.0 Å². The maximum Gasteiger partial charge on any atom is 0.267 e. The number of carbonyl (C=O) groups excluding carboxylic acids is 2. The van der Waals surface area contributed by atoms with E-state index >= 15 is 0 Å². The Morgan fingerprint density at radius 1 is 1.07 bits per heavy atom. The molecule has 0 radical (unpaired) electrons. The number of hydrogen-bond acceptors (Lipinski definition) is 2. The number of hydrogen-bond donors (Lipinski definition) is 3. The highest BCUT2D eigenvalue weighted by Crippen LogP contribution is 2.21. The molecular formula is C22H25N3O2. The number of aromatic amines is 1. The van der Waals surface area contributed by atoms with Crippen LogP contribution < -0.4 is 10.6 Å². The van der Waals surface area contributed by atoms with Gasteiger partial charge in [0.05, 0.1) is 0 Å². The van der Waals surface area contributed by atoms with Gasteiger partial charge in [-0.05, 0) is 54.8 Å². The van der Waals surface area contributed by atoms with Crippen LogP contribution in [0.4, 0.5) is 5.69 Å². The van der Waals surface area contributed by atoms with E-state index in [1.165, 1.54) is 0 Å². The minimum absolute atomic E-state index is 0.0278. The molecule has 3 rings (SSSR count). The summed E-state index contributed by atoms with van der Waals surface area (Å²) < 4.78 is 0. The van der Waals surface area contributed by atoms with Gasteiger partial charge in [-0.2, -0.15) is 0 Å². The molecule has 0 aliphatic heterocycles. The Balaban J connectivity index is 1.69. The third-order valence-corrected chi connectivity index (χ3v) is 4.51. The molecule has 1 aromatic heterocycles. The molecule has 0 aliphatic rings. The number of aromatic nitrogens is 1. The lowest BCUT2D eigenvalue weighted by molar-refractivity contribution is -0.118. The Kier molecular flexibility index (Phi) is 5.31. The largest absolute Gasteiger partial charge is 0.351 e. The van der Waals surface area contributed by atoms with E-state index in [0.717, 1.165) is 33.3 Å². The van der Waals surface area contributed by atoms with Crippen LogP contribution in [0, 0.1) is 19.8 Å². The number of fused-ring (bicyclic) bond motifs is 1. The highest BCUT2D eigenvalue weighted by atomic mass is 16.2. The van der Waals surface area contributed by atoms with E-state index in [1.807, 2.05) is 64.1 Å². The van der Waals surface area contributed by atoms with Crippen LogP contribution in [0.1, 0.15) is 41.0 Å². The number of nitrogens with one attached hydrogen (secondary N) is 3. The molecule has 1 heterocycles. The Hall–Kier alpha value is -3.08. The van der Waals surface area contributed by atoms with E-state index in [2.05, 4.69) is 21.7 Å². The van der Waals surface area contributed by atoms with Crippen molar-refractivity contribution in [2.75, 3.05) is 5.32 Å². The molecule has 0 saturated carbocycles. The second kappa shape index (κ2) is 7.66. The van der Waals surface area contributed by atoms with E-state index < -0.39 is 0 Å². The fourth-order valence-corrected chi connectivity index (χ4v) is 3.04. The van der Waals surface area contributed by atoms with Gasteiger partial charge in [0.15, 0.2) is 0 Å². The van der Waals surface area contributed by atoms with Crippen molar-refractivity contribution in [3.05, 3.63) is 64.8 Å². The lowest BCUT2D eigenvalue weighted by atomic mass is 10.1. The highest BCUT2D eigenvalue weighted by molar-refractivity contribution is 5.99. The van der Waals surface area contributed by atoms with Gasteiger partial charge in [0.25, 0.3) is 5.91 Å². The van der Waals surface area contributed by atoms with Gasteiger partial charge in [0.2, 0.25) is 5.91 Å². The van der Waals surface area contributed by atoms with Crippen molar-refractivity contribution in [3.63, 3.8) is 0 Å². The summed E-state index contributed by atoms with van der Waals surface area (Å²) in [7, 11) is 0. The van der Waals surface area contributed by atoms with Gasteiger partial charge >= 0.3 is 0 Å². The van der Waals surface area contributed by atoms with Crippen LogP contribution in [0.3, 0.4) is 0 Å². The Labute approximate surface area is 159 Å². The van der Waals surface area contributed by atoms with E-state index in [0.29, 0.717) is 12.2 Å². The molecule has 0 aliphatic carbocycles. The van der Waals surface area contributed by atoms with Crippen molar-refractivity contribution in [3.8, 4) is 0 Å². The van der Waals surface area contributed by atoms with E-state index in [1.54, 1.807) is 0 Å². The van der Waals surface area contributed by atoms with Crippen LogP contribution in [0.25, 0.3) is 10.9 Å². The molecular weight excluding hydrogens is 338 g/mol. The monoisotopic (exact) mass is 363 g/mol. The fraction of sp³-hybridized carbons (Fsp3) is 0.273. The van der Waals surface area contributed by atoms with Crippen molar-refractivity contribution in [2.45, 2.75) is 34.2 Å². The molecule has 0 saturated heterocycles. The standard InChI is InChI=1S/C22H25N3O2/c1-13(2)21(26)24-17-7-5-6-16(10-17)12-23-22(27)20-11-18-15(4)8-14(3)9-19(18)25-20/h5-11,13,25H,12H2,1-4H3,(H,23,27)(H,24,26). The molecule has 2 amide bonds. The van der Waals surface area contributed by atoms with Gasteiger partial charge in [0, 0.05) is 29.1 Å². The molecule has 140 valence electrons. The molecule has 3 N–H and O–H groups in total. The molecule has 0 spiro atoms. The first-order valence-electron chi connectivity index (χ1n) is 9.11. The fourth-order valence-electron chi connectivity index (χ4n) is 3.04. The quantitative estimate of drug-likeness (QED) is 0.632. The molecule has 0 unspecified atom stereocenters. The molecule has 0 bridgehead atoms. The summed E-state index contributed by atoms with van der Waals surface area (Å²) in [4.78, 5) is 27.5. The summed E-state index contributed by atoms with van der Waals surface area (Å²) >= 11 is 0. The minimum Gasteiger partial charge on any atom is -0.351 e. The van der Waals surface area contributed by atoms with E-state index in [4.69, 9.17) is 0 Å². The zero-order chi connectivity index (χ0) is 19.6. The Bertz CT molecular complexity index is 1000. The number of rotatable bonds is 5. The average Bonchev–Trinajstić information content (AvgIpc) is 3.04. The van der Waals surface area contributed by atoms with E-state index in [9.17, 15) is 9.59 Å². The number of carbonyl (C=O) groups is 2. The lowest BCUT2D eigenvalue weighted by Gasteiger charge is -2.10. The van der Waals surface area contributed by atoms with Gasteiger partial charge in [-0.25, -0.2) is 0 Å². The zero-order valence-electron chi connectivity index (χ0n) is 16.1. The summed E-state index contributed by atoms with van der Waals surface area (Å²) in [6.45, 7) is 8.17. The minimum atomic E-state index is -0.153. The topological polar surface area (TPSA) is 74.0 Å². The number of amides is 2. The number of H-pyrrole nitrogens is 1. The first kappa shape index (κ1) is 18.7. The second-order valence-electron chi connectivity index (χ2n) is 7.25. The molecule has 0 fully saturated rings. The number of benzene rings is 2. The number of aryl methyl sites for hydroxylation is 2. The normalized spacial score (nSPS) is 11.0. The lowest BCUT2D eigenvalue weighted by Crippen LogP contribution is -2.23. The first-order chi connectivity index (χ1) is 12.8. The summed E-state index contributed by atoms with van der Waals surface area (Å²) in [5.74, 6) is -0.262. The van der Waals surface area contributed by atoms with Crippen molar-refractivity contribution < 1.29 is 9.59 Å². The van der Waals surface area contributed by atoms with Gasteiger partial charge in [-0.3, -0.25) is 9.59 Å². The Morgan fingerprint density at radius 3 is 2.59 bits per heavy atom. The second-order valence-corrected chi connectivity index (χ2v) is 7.25. The van der Waals surface area contributed by atoms with Gasteiger partial charge < -0.3 is 15.6 Å². The molecule has 5 heteroatoms. The summed E-state index contributed by atoms with van der Waals surface area (Å²) in [5, 5.41) is 6.86. The van der Waals surface area contributed by atoms with Crippen molar-refractivity contribution >= 4 is 28.4 Å². The first-order valence-corrected chi connectivity index (χ1v) is 9.11. The maximum absolute atomic E-state index is 12.5. The summed E-state index contributed by atoms with van der Waals surface area (Å²) in [6.07, 6.45) is 0. The summed E-state index contributed by atoms with van der Waals surface area (Å²) in [6, 6.07) is 13.5. The van der Waals surface area contributed by atoms with Crippen molar-refractivity contribution in [1.29, 1.82) is 0 Å². The smallest absolute Gasteiger partial charge is 0.267 e. The SMILES string of the molecule is Cc1cc(C)c2cc(C(=O)NCc3cccc(NC(=O)C(C)C)c3)[nH]c2c1. The van der Waals surface area contributed by atoms with Crippen LogP contribution in [0.5, 0.6) is 0 Å². The summed E-state index contributed by atoms with van der Waals surface area (Å²) in [5.41, 5.74) is 5.48. The Morgan fingerprint density at radius 2 is 1.85 bits per heavy atom. The molecule has 0 atom stereocenters. The predicted molar refractivity (Wildman–Crippen MR) is 109 cm³/mol. The highest BCUT2D eigenvalue weighted by Gasteiger charge is 2.12. The van der Waals surface area contributed by atoms with E-state index in [-0.39, 0.29) is 17.7 Å². The van der Waals surface area contributed by atoms with Crippen LogP contribution >= 0.6 is 0 Å². The van der Waals surface area contributed by atoms with Gasteiger partial charge in [-0.15, -0.1) is 0 Å². The van der Waals surface area contributed by atoms with Crippen molar-refractivity contribution in [1.82, 2.24) is 10.3 Å². The van der Waals surface area contributed by atoms with Crippen LogP contribution in [0.15, 0.2) is 42.5 Å². The van der Waals surface area contributed by atoms with Crippen LogP contribution in [-0.2, 0) is 11.3 Å². The predicted octanol–water partition coefficient (Wildman–Crippen LogP) is 4.31.